The maximum absolute atomic E-state index is 12.0. The molecule has 0 radical (unpaired) electrons. The van der Waals surface area contributed by atoms with Gasteiger partial charge in [-0.15, -0.1) is 0 Å². The van der Waals surface area contributed by atoms with Crippen LogP contribution in [0.1, 0.15) is 22.3 Å². The van der Waals surface area contributed by atoms with Crippen molar-refractivity contribution >= 4 is 11.8 Å². The number of aryl methyl sites for hydroxylation is 2. The fraction of sp³-hybridized carbons (Fsp3) is 0.235. The fourth-order valence-corrected chi connectivity index (χ4v) is 1.96. The van der Waals surface area contributed by atoms with E-state index in [9.17, 15) is 4.79 Å². The van der Waals surface area contributed by atoms with Crippen molar-refractivity contribution < 1.29 is 9.53 Å². The average Bonchev–Trinajstić information content (AvgIpc) is 2.40. The summed E-state index contributed by atoms with van der Waals surface area (Å²) in [7, 11) is 0. The Balaban J connectivity index is 2.13. The standard InChI is InChI=1S/C17H19NO2/c1-11-7-5-9-15(13(11)3)18-17(19)20-16-10-6-8-12(2)14(16)4/h5-10H,1-4H3,(H,18,19). The van der Waals surface area contributed by atoms with Crippen LogP contribution < -0.4 is 10.1 Å². The maximum atomic E-state index is 12.0. The summed E-state index contributed by atoms with van der Waals surface area (Å²) in [5.74, 6) is 0.591. The van der Waals surface area contributed by atoms with E-state index in [0.717, 1.165) is 27.9 Å². The molecule has 0 heterocycles. The third-order valence-corrected chi connectivity index (χ3v) is 3.60. The Morgan fingerprint density at radius 1 is 0.900 bits per heavy atom. The van der Waals surface area contributed by atoms with Crippen LogP contribution in [0.2, 0.25) is 0 Å². The molecule has 0 saturated carbocycles. The first-order valence-corrected chi connectivity index (χ1v) is 6.60. The number of anilines is 1. The van der Waals surface area contributed by atoms with E-state index < -0.39 is 6.09 Å². The van der Waals surface area contributed by atoms with Gasteiger partial charge in [-0.3, -0.25) is 5.32 Å². The van der Waals surface area contributed by atoms with E-state index >= 15 is 0 Å². The van der Waals surface area contributed by atoms with Crippen LogP contribution >= 0.6 is 0 Å². The molecule has 3 nitrogen and oxygen atoms in total. The number of carbonyl (C=O) groups is 1. The van der Waals surface area contributed by atoms with Gasteiger partial charge in [0.15, 0.2) is 0 Å². The molecule has 104 valence electrons. The van der Waals surface area contributed by atoms with E-state index in [1.165, 1.54) is 0 Å². The summed E-state index contributed by atoms with van der Waals surface area (Å²) in [6.07, 6.45) is -0.465. The number of benzene rings is 2. The number of ether oxygens (including phenoxy) is 1. The molecule has 0 aromatic heterocycles. The third kappa shape index (κ3) is 2.99. The van der Waals surface area contributed by atoms with Crippen LogP contribution in [0.25, 0.3) is 0 Å². The zero-order valence-electron chi connectivity index (χ0n) is 12.3. The van der Waals surface area contributed by atoms with Crippen molar-refractivity contribution in [2.75, 3.05) is 5.32 Å². The van der Waals surface area contributed by atoms with Crippen molar-refractivity contribution in [2.24, 2.45) is 0 Å². The molecule has 2 rings (SSSR count). The smallest absolute Gasteiger partial charge is 0.410 e. The Bertz CT molecular complexity index is 592. The topological polar surface area (TPSA) is 38.3 Å². The molecular weight excluding hydrogens is 250 g/mol. The molecule has 20 heavy (non-hydrogen) atoms. The number of nitrogens with one attached hydrogen (secondary N) is 1. The van der Waals surface area contributed by atoms with E-state index in [4.69, 9.17) is 4.74 Å². The van der Waals surface area contributed by atoms with Crippen LogP contribution in [0.4, 0.5) is 10.5 Å². The Kier molecular flexibility index (Phi) is 4.08. The summed E-state index contributed by atoms with van der Waals surface area (Å²) in [4.78, 5) is 12.0. The van der Waals surface area contributed by atoms with Gasteiger partial charge in [-0.05, 0) is 62.1 Å². The number of hydrogen-bond donors (Lipinski definition) is 1. The van der Waals surface area contributed by atoms with Gasteiger partial charge >= 0.3 is 6.09 Å². The summed E-state index contributed by atoms with van der Waals surface area (Å²) in [6, 6.07) is 11.5. The van der Waals surface area contributed by atoms with E-state index in [1.807, 2.05) is 58.0 Å². The van der Waals surface area contributed by atoms with Gasteiger partial charge in [-0.2, -0.15) is 0 Å². The van der Waals surface area contributed by atoms with Crippen LogP contribution in [0.15, 0.2) is 36.4 Å². The summed E-state index contributed by atoms with van der Waals surface area (Å²) < 4.78 is 5.37. The monoisotopic (exact) mass is 269 g/mol. The highest BCUT2D eigenvalue weighted by Crippen LogP contribution is 2.22. The van der Waals surface area contributed by atoms with Crippen LogP contribution in [-0.4, -0.2) is 6.09 Å². The first-order valence-electron chi connectivity index (χ1n) is 6.60. The molecule has 0 aliphatic heterocycles. The Hall–Kier alpha value is -2.29. The predicted molar refractivity (Wildman–Crippen MR) is 81.5 cm³/mol. The number of amides is 1. The summed E-state index contributed by atoms with van der Waals surface area (Å²) in [5, 5.41) is 2.79. The predicted octanol–water partition coefficient (Wildman–Crippen LogP) is 4.53. The lowest BCUT2D eigenvalue weighted by Gasteiger charge is -2.12. The molecular formula is C17H19NO2. The van der Waals surface area contributed by atoms with E-state index in [2.05, 4.69) is 5.32 Å². The molecule has 0 fully saturated rings. The lowest BCUT2D eigenvalue weighted by Crippen LogP contribution is -2.18. The second-order valence-electron chi connectivity index (χ2n) is 4.96. The van der Waals surface area contributed by atoms with Crippen molar-refractivity contribution in [1.29, 1.82) is 0 Å². The second-order valence-corrected chi connectivity index (χ2v) is 4.96. The van der Waals surface area contributed by atoms with Crippen LogP contribution in [-0.2, 0) is 0 Å². The van der Waals surface area contributed by atoms with E-state index in [1.54, 1.807) is 6.07 Å². The number of hydrogen-bond acceptors (Lipinski definition) is 2. The molecule has 2 aromatic rings. The van der Waals surface area contributed by atoms with Crippen LogP contribution in [0, 0.1) is 27.7 Å². The second kappa shape index (κ2) is 5.78. The highest BCUT2D eigenvalue weighted by Gasteiger charge is 2.10. The molecule has 0 saturated heterocycles. The van der Waals surface area contributed by atoms with Crippen molar-refractivity contribution in [3.8, 4) is 5.75 Å². The van der Waals surface area contributed by atoms with Crippen molar-refractivity contribution in [3.63, 3.8) is 0 Å². The normalized spacial score (nSPS) is 10.2. The quantitative estimate of drug-likeness (QED) is 0.869. The van der Waals surface area contributed by atoms with Crippen LogP contribution in [0.3, 0.4) is 0 Å². The Morgan fingerprint density at radius 2 is 1.50 bits per heavy atom. The minimum absolute atomic E-state index is 0.465. The number of carbonyl (C=O) groups excluding carboxylic acids is 1. The van der Waals surface area contributed by atoms with Gasteiger partial charge in [-0.25, -0.2) is 4.79 Å². The summed E-state index contributed by atoms with van der Waals surface area (Å²) >= 11 is 0. The SMILES string of the molecule is Cc1cccc(NC(=O)Oc2cccc(C)c2C)c1C. The van der Waals surface area contributed by atoms with Crippen molar-refractivity contribution in [3.05, 3.63) is 58.7 Å². The molecule has 0 spiro atoms. The van der Waals surface area contributed by atoms with Gasteiger partial charge in [0, 0.05) is 5.69 Å². The molecule has 0 aliphatic carbocycles. The summed E-state index contributed by atoms with van der Waals surface area (Å²) in [6.45, 7) is 7.92. The highest BCUT2D eigenvalue weighted by atomic mass is 16.6. The Morgan fingerprint density at radius 3 is 2.20 bits per heavy atom. The minimum atomic E-state index is -0.465. The largest absolute Gasteiger partial charge is 0.417 e. The number of rotatable bonds is 2. The van der Waals surface area contributed by atoms with Gasteiger partial charge in [-0.1, -0.05) is 24.3 Å². The summed E-state index contributed by atoms with van der Waals surface area (Å²) in [5.41, 5.74) is 5.03. The molecule has 1 amide bonds. The first kappa shape index (κ1) is 14.1. The van der Waals surface area contributed by atoms with E-state index in [0.29, 0.717) is 5.75 Å². The lowest BCUT2D eigenvalue weighted by molar-refractivity contribution is 0.215. The third-order valence-electron chi connectivity index (χ3n) is 3.60. The first-order chi connectivity index (χ1) is 9.49. The average molecular weight is 269 g/mol. The van der Waals surface area contributed by atoms with Crippen molar-refractivity contribution in [1.82, 2.24) is 0 Å². The zero-order chi connectivity index (χ0) is 14.7. The molecule has 3 heteroatoms. The lowest BCUT2D eigenvalue weighted by atomic mass is 10.1. The molecule has 2 aromatic carbocycles. The minimum Gasteiger partial charge on any atom is -0.410 e. The van der Waals surface area contributed by atoms with E-state index in [-0.39, 0.29) is 0 Å². The zero-order valence-corrected chi connectivity index (χ0v) is 12.3. The molecule has 0 aliphatic rings. The molecule has 0 unspecified atom stereocenters. The van der Waals surface area contributed by atoms with Gasteiger partial charge < -0.3 is 4.74 Å². The molecule has 0 atom stereocenters. The van der Waals surface area contributed by atoms with Gasteiger partial charge in [0.05, 0.1) is 0 Å². The maximum Gasteiger partial charge on any atom is 0.417 e. The fourth-order valence-electron chi connectivity index (χ4n) is 1.96. The molecule has 1 N–H and O–H groups in total. The molecule has 0 bridgehead atoms. The van der Waals surface area contributed by atoms with Gasteiger partial charge in [0.1, 0.15) is 5.75 Å². The van der Waals surface area contributed by atoms with Gasteiger partial charge in [0.2, 0.25) is 0 Å². The highest BCUT2D eigenvalue weighted by molar-refractivity contribution is 5.87. The van der Waals surface area contributed by atoms with Gasteiger partial charge in [0.25, 0.3) is 0 Å². The van der Waals surface area contributed by atoms with Crippen LogP contribution in [0.5, 0.6) is 5.75 Å². The Labute approximate surface area is 119 Å². The van der Waals surface area contributed by atoms with Crippen molar-refractivity contribution in [2.45, 2.75) is 27.7 Å².